The van der Waals surface area contributed by atoms with Gasteiger partial charge in [-0.1, -0.05) is 29.5 Å². The quantitative estimate of drug-likeness (QED) is 0.392. The van der Waals surface area contributed by atoms with Crippen LogP contribution >= 0.6 is 11.8 Å². The van der Waals surface area contributed by atoms with Gasteiger partial charge >= 0.3 is 0 Å². The van der Waals surface area contributed by atoms with E-state index in [4.69, 9.17) is 15.0 Å². The highest BCUT2D eigenvalue weighted by Crippen LogP contribution is 2.26. The van der Waals surface area contributed by atoms with E-state index in [0.717, 1.165) is 22.4 Å². The van der Waals surface area contributed by atoms with Crippen molar-refractivity contribution in [1.82, 2.24) is 25.1 Å². The second kappa shape index (κ2) is 7.73. The SMILES string of the molecule is COc1ccc(-c2nnc(SCc3nnc(-c4cccc(C)c4)o3)n2N)cc1. The Kier molecular flexibility index (Phi) is 4.98. The molecule has 0 fully saturated rings. The van der Waals surface area contributed by atoms with Crippen LogP contribution in [0.4, 0.5) is 0 Å². The summed E-state index contributed by atoms with van der Waals surface area (Å²) in [5, 5.41) is 17.1. The summed E-state index contributed by atoms with van der Waals surface area (Å²) in [7, 11) is 1.62. The first-order valence-electron chi connectivity index (χ1n) is 8.51. The number of benzene rings is 2. The minimum Gasteiger partial charge on any atom is -0.497 e. The first-order valence-corrected chi connectivity index (χ1v) is 9.50. The fourth-order valence-electron chi connectivity index (χ4n) is 2.65. The number of rotatable bonds is 6. The predicted molar refractivity (Wildman–Crippen MR) is 106 cm³/mol. The van der Waals surface area contributed by atoms with Gasteiger partial charge in [-0.2, -0.15) is 0 Å². The summed E-state index contributed by atoms with van der Waals surface area (Å²) in [5.41, 5.74) is 2.88. The molecule has 2 N–H and O–H groups in total. The average molecular weight is 394 g/mol. The highest BCUT2D eigenvalue weighted by atomic mass is 32.2. The van der Waals surface area contributed by atoms with E-state index in [1.165, 1.54) is 16.4 Å². The number of aryl methyl sites for hydroxylation is 1. The molecule has 4 rings (SSSR count). The monoisotopic (exact) mass is 394 g/mol. The lowest BCUT2D eigenvalue weighted by Crippen LogP contribution is -2.11. The van der Waals surface area contributed by atoms with Gasteiger partial charge in [-0.15, -0.1) is 20.4 Å². The van der Waals surface area contributed by atoms with Crippen LogP contribution in [0.15, 0.2) is 58.1 Å². The summed E-state index contributed by atoms with van der Waals surface area (Å²) in [5.74, 6) is 8.92. The second-order valence-electron chi connectivity index (χ2n) is 6.06. The standard InChI is InChI=1S/C19H18N6O2S/c1-12-4-3-5-14(10-12)18-23-21-16(27-18)11-28-19-24-22-17(25(19)20)13-6-8-15(26-2)9-7-13/h3-10H,11,20H2,1-2H3. The maximum atomic E-state index is 6.16. The molecule has 0 atom stereocenters. The molecule has 142 valence electrons. The normalized spacial score (nSPS) is 10.9. The first-order chi connectivity index (χ1) is 13.6. The molecule has 0 bridgehead atoms. The van der Waals surface area contributed by atoms with Crippen molar-refractivity contribution < 1.29 is 9.15 Å². The van der Waals surface area contributed by atoms with E-state index in [1.807, 2.05) is 55.5 Å². The van der Waals surface area contributed by atoms with Crippen molar-refractivity contribution in [3.8, 4) is 28.6 Å². The average Bonchev–Trinajstić information content (AvgIpc) is 3.33. The van der Waals surface area contributed by atoms with Crippen molar-refractivity contribution in [3.63, 3.8) is 0 Å². The number of ether oxygens (including phenoxy) is 1. The molecule has 0 unspecified atom stereocenters. The summed E-state index contributed by atoms with van der Waals surface area (Å²) < 4.78 is 12.4. The third-order valence-electron chi connectivity index (χ3n) is 4.07. The van der Waals surface area contributed by atoms with E-state index in [1.54, 1.807) is 7.11 Å². The summed E-state index contributed by atoms with van der Waals surface area (Å²) in [6.45, 7) is 2.02. The fraction of sp³-hybridized carbons (Fsp3) is 0.158. The minimum absolute atomic E-state index is 0.441. The van der Waals surface area contributed by atoms with Gasteiger partial charge in [0.25, 0.3) is 0 Å². The third-order valence-corrected chi connectivity index (χ3v) is 5.00. The van der Waals surface area contributed by atoms with Gasteiger partial charge in [0.2, 0.25) is 16.9 Å². The molecular formula is C19H18N6O2S. The molecule has 2 heterocycles. The Morgan fingerprint density at radius 1 is 1.04 bits per heavy atom. The van der Waals surface area contributed by atoms with Gasteiger partial charge in [0.05, 0.1) is 12.9 Å². The molecule has 0 aliphatic carbocycles. The lowest BCUT2D eigenvalue weighted by Gasteiger charge is -2.04. The molecule has 8 nitrogen and oxygen atoms in total. The van der Waals surface area contributed by atoms with E-state index in [0.29, 0.717) is 28.5 Å². The zero-order valence-electron chi connectivity index (χ0n) is 15.4. The van der Waals surface area contributed by atoms with E-state index >= 15 is 0 Å². The van der Waals surface area contributed by atoms with Crippen molar-refractivity contribution in [3.05, 3.63) is 60.0 Å². The fourth-order valence-corrected chi connectivity index (χ4v) is 3.34. The molecule has 4 aromatic rings. The number of nitrogens with zero attached hydrogens (tertiary/aromatic N) is 5. The number of nitrogens with two attached hydrogens (primary N) is 1. The Bertz CT molecular complexity index is 1090. The zero-order valence-corrected chi connectivity index (χ0v) is 16.2. The molecule has 2 aromatic carbocycles. The Hall–Kier alpha value is -3.33. The van der Waals surface area contributed by atoms with Crippen molar-refractivity contribution in [2.45, 2.75) is 17.8 Å². The smallest absolute Gasteiger partial charge is 0.247 e. The van der Waals surface area contributed by atoms with Crippen LogP contribution in [0.2, 0.25) is 0 Å². The van der Waals surface area contributed by atoms with Crippen molar-refractivity contribution >= 4 is 11.8 Å². The molecule has 0 saturated heterocycles. The molecule has 0 aliphatic heterocycles. The molecule has 0 spiro atoms. The number of methoxy groups -OCH3 is 1. The molecule has 0 radical (unpaired) electrons. The zero-order chi connectivity index (χ0) is 19.5. The van der Waals surface area contributed by atoms with Gasteiger partial charge in [0, 0.05) is 11.1 Å². The largest absolute Gasteiger partial charge is 0.497 e. The summed E-state index contributed by atoms with van der Waals surface area (Å²) >= 11 is 1.38. The number of hydrogen-bond acceptors (Lipinski definition) is 8. The number of thioether (sulfide) groups is 1. The minimum atomic E-state index is 0.441. The molecule has 28 heavy (non-hydrogen) atoms. The summed E-state index contributed by atoms with van der Waals surface area (Å²) in [6, 6.07) is 15.4. The molecule has 0 amide bonds. The molecule has 9 heteroatoms. The maximum Gasteiger partial charge on any atom is 0.247 e. The molecular weight excluding hydrogens is 376 g/mol. The molecule has 0 aliphatic rings. The van der Waals surface area contributed by atoms with E-state index < -0.39 is 0 Å². The van der Waals surface area contributed by atoms with Crippen LogP contribution in [-0.2, 0) is 5.75 Å². The predicted octanol–water partition coefficient (Wildman–Crippen LogP) is 3.32. The number of nitrogen functional groups attached to an aromatic ring is 1. The molecule has 2 aromatic heterocycles. The Morgan fingerprint density at radius 2 is 1.86 bits per heavy atom. The van der Waals surface area contributed by atoms with Crippen LogP contribution in [0.3, 0.4) is 0 Å². The lowest BCUT2D eigenvalue weighted by molar-refractivity contribution is 0.415. The molecule has 0 saturated carbocycles. The Balaban J connectivity index is 1.46. The van der Waals surface area contributed by atoms with Crippen LogP contribution in [0.5, 0.6) is 5.75 Å². The Morgan fingerprint density at radius 3 is 2.61 bits per heavy atom. The van der Waals surface area contributed by atoms with Gasteiger partial charge in [-0.3, -0.25) is 0 Å². The van der Waals surface area contributed by atoms with Crippen molar-refractivity contribution in [1.29, 1.82) is 0 Å². The van der Waals surface area contributed by atoms with E-state index in [-0.39, 0.29) is 0 Å². The second-order valence-corrected chi connectivity index (χ2v) is 7.01. The van der Waals surface area contributed by atoms with Gasteiger partial charge in [-0.25, -0.2) is 4.68 Å². The van der Waals surface area contributed by atoms with Gasteiger partial charge < -0.3 is 15.0 Å². The highest BCUT2D eigenvalue weighted by molar-refractivity contribution is 7.98. The first kappa shape index (κ1) is 18.1. The van der Waals surface area contributed by atoms with Crippen LogP contribution in [0, 0.1) is 6.92 Å². The maximum absolute atomic E-state index is 6.16. The highest BCUT2D eigenvalue weighted by Gasteiger charge is 2.15. The van der Waals surface area contributed by atoms with Crippen LogP contribution in [0.1, 0.15) is 11.5 Å². The van der Waals surface area contributed by atoms with Crippen molar-refractivity contribution in [2.24, 2.45) is 0 Å². The number of aromatic nitrogens is 5. The van der Waals surface area contributed by atoms with Crippen molar-refractivity contribution in [2.75, 3.05) is 13.0 Å². The van der Waals surface area contributed by atoms with Gasteiger partial charge in [0.1, 0.15) is 5.75 Å². The van der Waals surface area contributed by atoms with E-state index in [9.17, 15) is 0 Å². The lowest BCUT2D eigenvalue weighted by atomic mass is 10.1. The summed E-state index contributed by atoms with van der Waals surface area (Å²) in [4.78, 5) is 0. The van der Waals surface area contributed by atoms with Gasteiger partial charge in [-0.05, 0) is 43.3 Å². The Labute approximate surface area is 165 Å². The van der Waals surface area contributed by atoms with Crippen LogP contribution in [0.25, 0.3) is 22.8 Å². The topological polar surface area (TPSA) is 105 Å². The summed E-state index contributed by atoms with van der Waals surface area (Å²) in [6.07, 6.45) is 0. The van der Waals surface area contributed by atoms with Crippen LogP contribution in [-0.4, -0.2) is 32.2 Å². The van der Waals surface area contributed by atoms with Crippen LogP contribution < -0.4 is 10.6 Å². The van der Waals surface area contributed by atoms with Gasteiger partial charge in [0.15, 0.2) is 5.82 Å². The third kappa shape index (κ3) is 3.70. The number of hydrogen-bond donors (Lipinski definition) is 1. The van der Waals surface area contributed by atoms with E-state index in [2.05, 4.69) is 20.4 Å².